The van der Waals surface area contributed by atoms with Gasteiger partial charge in [0.2, 0.25) is 10.0 Å². The van der Waals surface area contributed by atoms with Crippen LogP contribution in [0.25, 0.3) is 0 Å². The molecular weight excluding hydrogens is 333 g/mol. The normalized spacial score (nSPS) is 19.9. The van der Waals surface area contributed by atoms with Crippen molar-refractivity contribution in [2.45, 2.75) is 38.5 Å². The fraction of sp³-hybridized carbons (Fsp3) is 0.588. The van der Waals surface area contributed by atoms with Gasteiger partial charge in [-0.3, -0.25) is 4.79 Å². The van der Waals surface area contributed by atoms with Crippen molar-refractivity contribution in [2.24, 2.45) is 11.3 Å². The number of nitrogens with one attached hydrogen (secondary N) is 1. The zero-order chi connectivity index (χ0) is 17.4. The number of benzene rings is 1. The number of amides is 1. The Hall–Kier alpha value is -1.63. The fourth-order valence-electron chi connectivity index (χ4n) is 3.34. The van der Waals surface area contributed by atoms with Crippen LogP contribution in [0.5, 0.6) is 5.75 Å². The predicted octanol–water partition coefficient (Wildman–Crippen LogP) is 2.86. The first-order valence-corrected chi connectivity index (χ1v) is 10.1. The van der Waals surface area contributed by atoms with E-state index in [9.17, 15) is 17.6 Å². The van der Waals surface area contributed by atoms with Crippen LogP contribution in [0.3, 0.4) is 0 Å². The first-order valence-electron chi connectivity index (χ1n) is 8.21. The second kappa shape index (κ2) is 6.35. The van der Waals surface area contributed by atoms with Gasteiger partial charge in [-0.2, -0.15) is 0 Å². The van der Waals surface area contributed by atoms with E-state index >= 15 is 0 Å². The molecule has 1 N–H and O–H groups in total. The van der Waals surface area contributed by atoms with Crippen LogP contribution < -0.4 is 9.46 Å². The minimum Gasteiger partial charge on any atom is -0.493 e. The van der Waals surface area contributed by atoms with E-state index in [2.05, 4.69) is 0 Å². The molecule has 2 aliphatic rings. The SMILES string of the molecule is CS(=O)(=O)NC(=O)c1ccc(OCC2CCC3(CC2)CC3)cc1F. The highest BCUT2D eigenvalue weighted by Crippen LogP contribution is 2.57. The van der Waals surface area contributed by atoms with Crippen LogP contribution in [0.15, 0.2) is 18.2 Å². The standard InChI is InChI=1S/C17H22FNO4S/c1-24(21,22)19-16(20)14-3-2-13(10-15(14)18)23-11-12-4-6-17(7-5-12)8-9-17/h2-3,10,12H,4-9,11H2,1H3,(H,19,20). The van der Waals surface area contributed by atoms with Gasteiger partial charge in [0.15, 0.2) is 0 Å². The van der Waals surface area contributed by atoms with Crippen LogP contribution in [-0.2, 0) is 10.0 Å². The summed E-state index contributed by atoms with van der Waals surface area (Å²) in [6.07, 6.45) is 8.40. The molecule has 5 nitrogen and oxygen atoms in total. The Morgan fingerprint density at radius 3 is 2.50 bits per heavy atom. The highest BCUT2D eigenvalue weighted by atomic mass is 32.2. The predicted molar refractivity (Wildman–Crippen MR) is 87.8 cm³/mol. The van der Waals surface area contributed by atoms with Crippen molar-refractivity contribution < 1.29 is 22.3 Å². The van der Waals surface area contributed by atoms with Crippen LogP contribution in [0.2, 0.25) is 0 Å². The summed E-state index contributed by atoms with van der Waals surface area (Å²) in [5.41, 5.74) is 0.318. The summed E-state index contributed by atoms with van der Waals surface area (Å²) >= 11 is 0. The lowest BCUT2D eigenvalue weighted by Crippen LogP contribution is -2.30. The maximum absolute atomic E-state index is 14.0. The molecule has 1 amide bonds. The first kappa shape index (κ1) is 17.2. The highest BCUT2D eigenvalue weighted by molar-refractivity contribution is 7.89. The number of carbonyl (C=O) groups excluding carboxylic acids is 1. The van der Waals surface area contributed by atoms with Crippen LogP contribution in [0.1, 0.15) is 48.9 Å². The van der Waals surface area contributed by atoms with Gasteiger partial charge in [0.25, 0.3) is 5.91 Å². The Morgan fingerprint density at radius 1 is 1.29 bits per heavy atom. The maximum Gasteiger partial charge on any atom is 0.267 e. The minimum atomic E-state index is -3.73. The molecule has 2 aliphatic carbocycles. The van der Waals surface area contributed by atoms with Crippen LogP contribution >= 0.6 is 0 Å². The average molecular weight is 355 g/mol. The van der Waals surface area contributed by atoms with E-state index in [0.29, 0.717) is 23.7 Å². The lowest BCUT2D eigenvalue weighted by Gasteiger charge is -2.28. The number of carbonyl (C=O) groups is 1. The zero-order valence-corrected chi connectivity index (χ0v) is 14.5. The molecule has 2 saturated carbocycles. The monoisotopic (exact) mass is 355 g/mol. The highest BCUT2D eigenvalue weighted by Gasteiger charge is 2.44. The molecule has 0 atom stereocenters. The van der Waals surface area contributed by atoms with Gasteiger partial charge in [-0.05, 0) is 62.0 Å². The van der Waals surface area contributed by atoms with E-state index < -0.39 is 21.7 Å². The molecule has 0 aliphatic heterocycles. The van der Waals surface area contributed by atoms with E-state index in [1.54, 1.807) is 4.72 Å². The minimum absolute atomic E-state index is 0.318. The van der Waals surface area contributed by atoms with Crippen molar-refractivity contribution in [1.29, 1.82) is 0 Å². The summed E-state index contributed by atoms with van der Waals surface area (Å²) in [4.78, 5) is 11.7. The van der Waals surface area contributed by atoms with Crippen LogP contribution in [0, 0.1) is 17.2 Å². The maximum atomic E-state index is 14.0. The van der Waals surface area contributed by atoms with E-state index in [1.165, 1.54) is 37.8 Å². The molecule has 132 valence electrons. The van der Waals surface area contributed by atoms with Crippen molar-refractivity contribution in [1.82, 2.24) is 4.72 Å². The van der Waals surface area contributed by atoms with Gasteiger partial charge in [0.05, 0.1) is 18.4 Å². The van der Waals surface area contributed by atoms with Gasteiger partial charge in [0, 0.05) is 6.07 Å². The quantitative estimate of drug-likeness (QED) is 0.881. The second-order valence-electron chi connectivity index (χ2n) is 7.10. The van der Waals surface area contributed by atoms with E-state index in [0.717, 1.165) is 25.2 Å². The fourth-order valence-corrected chi connectivity index (χ4v) is 3.79. The topological polar surface area (TPSA) is 72.5 Å². The second-order valence-corrected chi connectivity index (χ2v) is 8.85. The van der Waals surface area contributed by atoms with Gasteiger partial charge in [-0.15, -0.1) is 0 Å². The van der Waals surface area contributed by atoms with E-state index in [-0.39, 0.29) is 5.56 Å². The molecule has 2 fully saturated rings. The summed E-state index contributed by atoms with van der Waals surface area (Å²) in [5.74, 6) is -0.930. The molecule has 1 aromatic rings. The third-order valence-electron chi connectivity index (χ3n) is 5.07. The lowest BCUT2D eigenvalue weighted by atomic mass is 9.80. The summed E-state index contributed by atoms with van der Waals surface area (Å²) in [7, 11) is -3.73. The lowest BCUT2D eigenvalue weighted by molar-refractivity contribution is 0.0977. The third-order valence-corrected chi connectivity index (χ3v) is 5.63. The molecule has 0 heterocycles. The molecule has 24 heavy (non-hydrogen) atoms. The van der Waals surface area contributed by atoms with Crippen molar-refractivity contribution in [3.8, 4) is 5.75 Å². The summed E-state index contributed by atoms with van der Waals surface area (Å²) in [6.45, 7) is 0.546. The van der Waals surface area contributed by atoms with Gasteiger partial charge in [-0.1, -0.05) is 0 Å². The molecule has 1 spiro atoms. The van der Waals surface area contributed by atoms with Crippen molar-refractivity contribution in [3.63, 3.8) is 0 Å². The van der Waals surface area contributed by atoms with Gasteiger partial charge < -0.3 is 4.74 Å². The molecule has 3 rings (SSSR count). The van der Waals surface area contributed by atoms with Crippen LogP contribution in [0.4, 0.5) is 4.39 Å². The molecule has 0 saturated heterocycles. The summed E-state index contributed by atoms with van der Waals surface area (Å²) in [6, 6.07) is 3.86. The molecule has 7 heteroatoms. The molecule has 0 bridgehead atoms. The number of sulfonamides is 1. The third kappa shape index (κ3) is 4.26. The molecular formula is C17H22FNO4S. The first-order chi connectivity index (χ1) is 11.3. The van der Waals surface area contributed by atoms with E-state index in [4.69, 9.17) is 4.74 Å². The van der Waals surface area contributed by atoms with Gasteiger partial charge in [0.1, 0.15) is 11.6 Å². The van der Waals surface area contributed by atoms with E-state index in [1.807, 2.05) is 0 Å². The number of hydrogen-bond acceptors (Lipinski definition) is 4. The Labute approximate surface area is 141 Å². The van der Waals surface area contributed by atoms with Crippen molar-refractivity contribution in [3.05, 3.63) is 29.6 Å². The number of ether oxygens (including phenoxy) is 1. The molecule has 0 aromatic heterocycles. The Morgan fingerprint density at radius 2 is 1.96 bits per heavy atom. The Bertz CT molecular complexity index is 733. The average Bonchev–Trinajstić information content (AvgIpc) is 3.24. The molecule has 0 unspecified atom stereocenters. The van der Waals surface area contributed by atoms with Crippen molar-refractivity contribution >= 4 is 15.9 Å². The van der Waals surface area contributed by atoms with Gasteiger partial charge >= 0.3 is 0 Å². The van der Waals surface area contributed by atoms with Crippen molar-refractivity contribution in [2.75, 3.05) is 12.9 Å². The Kier molecular flexibility index (Phi) is 4.55. The number of hydrogen-bond donors (Lipinski definition) is 1. The van der Waals surface area contributed by atoms with Crippen LogP contribution in [-0.4, -0.2) is 27.2 Å². The number of rotatable bonds is 5. The summed E-state index contributed by atoms with van der Waals surface area (Å²) < 4.78 is 43.5. The largest absolute Gasteiger partial charge is 0.493 e. The number of halogens is 1. The molecule has 0 radical (unpaired) electrons. The molecule has 1 aromatic carbocycles. The summed E-state index contributed by atoms with van der Waals surface area (Å²) in [5, 5.41) is 0. The van der Waals surface area contributed by atoms with Gasteiger partial charge in [-0.25, -0.2) is 17.5 Å². The Balaban J connectivity index is 1.55. The smallest absolute Gasteiger partial charge is 0.267 e. The zero-order valence-electron chi connectivity index (χ0n) is 13.7.